The molecule has 1 atom stereocenters. The van der Waals surface area contributed by atoms with Gasteiger partial charge < -0.3 is 4.74 Å². The average Bonchev–Trinajstić information content (AvgIpc) is 2.88. The van der Waals surface area contributed by atoms with Gasteiger partial charge in [0.05, 0.1) is 35.6 Å². The molecule has 1 saturated carbocycles. The molecule has 0 amide bonds. The van der Waals surface area contributed by atoms with Gasteiger partial charge in [0.25, 0.3) is 0 Å². The van der Waals surface area contributed by atoms with E-state index >= 15 is 0 Å². The van der Waals surface area contributed by atoms with Gasteiger partial charge in [0.1, 0.15) is 0 Å². The number of hydrazine groups is 1. The third kappa shape index (κ3) is 4.06. The fraction of sp³-hybridized carbons (Fsp3) is 0.800. The van der Waals surface area contributed by atoms with E-state index in [1.165, 1.54) is 32.1 Å². The second kappa shape index (κ2) is 8.27. The minimum atomic E-state index is 0.150. The molecule has 1 aliphatic rings. The maximum atomic E-state index is 5.89. The van der Waals surface area contributed by atoms with E-state index in [9.17, 15) is 0 Å². The van der Waals surface area contributed by atoms with Crippen LogP contribution in [0, 0.1) is 11.8 Å². The molecule has 0 radical (unpaired) electrons. The molecule has 0 aromatic carbocycles. The molecule has 0 spiro atoms. The van der Waals surface area contributed by atoms with Crippen molar-refractivity contribution in [2.45, 2.75) is 51.6 Å². The highest BCUT2D eigenvalue weighted by atomic mass is 79.9. The third-order valence-corrected chi connectivity index (χ3v) is 5.37. The molecule has 1 aromatic heterocycles. The summed E-state index contributed by atoms with van der Waals surface area (Å²) in [5.74, 6) is 7.35. The summed E-state index contributed by atoms with van der Waals surface area (Å²) in [5.41, 5.74) is 4.18. The van der Waals surface area contributed by atoms with Crippen LogP contribution in [0.3, 0.4) is 0 Å². The van der Waals surface area contributed by atoms with Crippen molar-refractivity contribution >= 4 is 15.9 Å². The zero-order chi connectivity index (χ0) is 15.2. The van der Waals surface area contributed by atoms with Crippen molar-refractivity contribution in [3.63, 3.8) is 0 Å². The monoisotopic (exact) mass is 358 g/mol. The van der Waals surface area contributed by atoms with E-state index in [0.717, 1.165) is 22.6 Å². The minimum Gasteiger partial charge on any atom is -0.383 e. The molecule has 1 aliphatic carbocycles. The molecular formula is C15H27BrN4O. The second-order valence-electron chi connectivity index (χ2n) is 5.93. The lowest BCUT2D eigenvalue weighted by molar-refractivity contribution is 0.176. The molecule has 1 fully saturated rings. The van der Waals surface area contributed by atoms with E-state index in [4.69, 9.17) is 10.6 Å². The van der Waals surface area contributed by atoms with E-state index in [-0.39, 0.29) is 6.04 Å². The Kier molecular flexibility index (Phi) is 6.67. The van der Waals surface area contributed by atoms with E-state index < -0.39 is 0 Å². The number of nitrogens with zero attached hydrogens (tertiary/aromatic N) is 2. The lowest BCUT2D eigenvalue weighted by Crippen LogP contribution is -2.37. The summed E-state index contributed by atoms with van der Waals surface area (Å²) in [5, 5.41) is 4.44. The summed E-state index contributed by atoms with van der Waals surface area (Å²) >= 11 is 3.62. The highest BCUT2D eigenvalue weighted by molar-refractivity contribution is 9.10. The van der Waals surface area contributed by atoms with Crippen LogP contribution in [0.1, 0.15) is 50.8 Å². The minimum absolute atomic E-state index is 0.150. The molecule has 1 aromatic rings. The van der Waals surface area contributed by atoms with Gasteiger partial charge in [0.2, 0.25) is 0 Å². The molecule has 3 N–H and O–H groups in total. The van der Waals surface area contributed by atoms with Crippen LogP contribution in [-0.4, -0.2) is 23.5 Å². The Morgan fingerprint density at radius 1 is 1.48 bits per heavy atom. The molecule has 2 rings (SSSR count). The molecule has 0 aliphatic heterocycles. The molecule has 0 saturated heterocycles. The standard InChI is InChI=1S/C15H27BrN4O/c1-3-11-4-6-12(7-5-11)14(19-17)15-13(16)10-18-20(15)8-9-21-2/h10-12,14,19H,3-9,17H2,1-2H3. The van der Waals surface area contributed by atoms with Crippen molar-refractivity contribution in [1.29, 1.82) is 0 Å². The first-order valence-corrected chi connectivity index (χ1v) is 8.66. The van der Waals surface area contributed by atoms with E-state index in [1.54, 1.807) is 7.11 Å². The number of methoxy groups -OCH3 is 1. The molecule has 120 valence electrons. The van der Waals surface area contributed by atoms with Gasteiger partial charge in [-0.2, -0.15) is 5.10 Å². The van der Waals surface area contributed by atoms with Crippen LogP contribution in [0.25, 0.3) is 0 Å². The first kappa shape index (κ1) is 16.9. The topological polar surface area (TPSA) is 65.1 Å². The summed E-state index contributed by atoms with van der Waals surface area (Å²) in [7, 11) is 1.71. The molecular weight excluding hydrogens is 332 g/mol. The highest BCUT2D eigenvalue weighted by Gasteiger charge is 2.30. The first-order chi connectivity index (χ1) is 10.2. The smallest absolute Gasteiger partial charge is 0.0713 e. The van der Waals surface area contributed by atoms with E-state index in [2.05, 4.69) is 33.4 Å². The van der Waals surface area contributed by atoms with Gasteiger partial charge in [-0.15, -0.1) is 0 Å². The predicted molar refractivity (Wildman–Crippen MR) is 87.6 cm³/mol. The fourth-order valence-electron chi connectivity index (χ4n) is 3.41. The molecule has 0 bridgehead atoms. The van der Waals surface area contributed by atoms with Crippen LogP contribution in [0.5, 0.6) is 0 Å². The highest BCUT2D eigenvalue weighted by Crippen LogP contribution is 2.39. The van der Waals surface area contributed by atoms with Crippen LogP contribution in [0.15, 0.2) is 10.7 Å². The summed E-state index contributed by atoms with van der Waals surface area (Å²) in [4.78, 5) is 0. The number of hydrogen-bond donors (Lipinski definition) is 2. The largest absolute Gasteiger partial charge is 0.383 e. The van der Waals surface area contributed by atoms with Crippen LogP contribution >= 0.6 is 15.9 Å². The second-order valence-corrected chi connectivity index (χ2v) is 6.78. The number of nitrogens with one attached hydrogen (secondary N) is 1. The van der Waals surface area contributed by atoms with Gasteiger partial charge in [0, 0.05) is 7.11 Å². The molecule has 1 unspecified atom stereocenters. The Morgan fingerprint density at radius 2 is 2.19 bits per heavy atom. The zero-order valence-corrected chi connectivity index (χ0v) is 14.6. The number of nitrogens with two attached hydrogens (primary N) is 1. The van der Waals surface area contributed by atoms with Gasteiger partial charge in [-0.25, -0.2) is 0 Å². The molecule has 21 heavy (non-hydrogen) atoms. The number of halogens is 1. The first-order valence-electron chi connectivity index (χ1n) is 7.87. The number of rotatable bonds is 7. The Hall–Kier alpha value is -0.430. The number of ether oxygens (including phenoxy) is 1. The normalized spacial score (nSPS) is 24.2. The Bertz CT molecular complexity index is 429. The fourth-order valence-corrected chi connectivity index (χ4v) is 3.95. The average molecular weight is 359 g/mol. The van der Waals surface area contributed by atoms with Crippen molar-refractivity contribution in [2.75, 3.05) is 13.7 Å². The summed E-state index contributed by atoms with van der Waals surface area (Å²) < 4.78 is 8.20. The van der Waals surface area contributed by atoms with Crippen LogP contribution in [0.4, 0.5) is 0 Å². The lowest BCUT2D eigenvalue weighted by atomic mass is 9.77. The van der Waals surface area contributed by atoms with E-state index in [0.29, 0.717) is 12.5 Å². The maximum absolute atomic E-state index is 5.89. The molecule has 5 nitrogen and oxygen atoms in total. The molecule has 6 heteroatoms. The van der Waals surface area contributed by atoms with Crippen molar-refractivity contribution < 1.29 is 4.74 Å². The van der Waals surface area contributed by atoms with E-state index in [1.807, 2.05) is 10.9 Å². The van der Waals surface area contributed by atoms with Gasteiger partial charge in [-0.05, 0) is 40.6 Å². The van der Waals surface area contributed by atoms with Crippen LogP contribution in [-0.2, 0) is 11.3 Å². The Labute approximate surface area is 135 Å². The van der Waals surface area contributed by atoms with Gasteiger partial charge >= 0.3 is 0 Å². The maximum Gasteiger partial charge on any atom is 0.0713 e. The van der Waals surface area contributed by atoms with Crippen molar-refractivity contribution in [3.8, 4) is 0 Å². The zero-order valence-electron chi connectivity index (χ0n) is 13.0. The van der Waals surface area contributed by atoms with Crippen LogP contribution < -0.4 is 11.3 Å². The third-order valence-electron chi connectivity index (χ3n) is 4.75. The van der Waals surface area contributed by atoms with Gasteiger partial charge in [-0.1, -0.05) is 26.2 Å². The number of aromatic nitrogens is 2. The Balaban J connectivity index is 2.12. The lowest BCUT2D eigenvalue weighted by Gasteiger charge is -2.33. The van der Waals surface area contributed by atoms with Gasteiger partial charge in [-0.3, -0.25) is 16.0 Å². The van der Waals surface area contributed by atoms with Gasteiger partial charge in [0.15, 0.2) is 0 Å². The van der Waals surface area contributed by atoms with Crippen molar-refractivity contribution in [1.82, 2.24) is 15.2 Å². The predicted octanol–water partition coefficient (Wildman–Crippen LogP) is 3.01. The van der Waals surface area contributed by atoms with Crippen LogP contribution in [0.2, 0.25) is 0 Å². The number of hydrogen-bond acceptors (Lipinski definition) is 4. The molecule has 1 heterocycles. The summed E-state index contributed by atoms with van der Waals surface area (Å²) in [6.07, 6.45) is 8.23. The SMILES string of the molecule is CCC1CCC(C(NN)c2c(Br)cnn2CCOC)CC1. The van der Waals surface area contributed by atoms with Crippen molar-refractivity contribution in [2.24, 2.45) is 17.7 Å². The van der Waals surface area contributed by atoms with Crippen molar-refractivity contribution in [3.05, 3.63) is 16.4 Å². The summed E-state index contributed by atoms with van der Waals surface area (Å²) in [6, 6.07) is 0.150. The Morgan fingerprint density at radius 3 is 2.76 bits per heavy atom. The summed E-state index contributed by atoms with van der Waals surface area (Å²) in [6.45, 7) is 3.70. The quantitative estimate of drug-likeness (QED) is 0.580.